The molecule has 0 radical (unpaired) electrons. The van der Waals surface area contributed by atoms with E-state index < -0.39 is 0 Å². The van der Waals surface area contributed by atoms with Crippen LogP contribution in [0.15, 0.2) is 0 Å². The molecular weight excluding hydrogens is 324 g/mol. The van der Waals surface area contributed by atoms with Crippen molar-refractivity contribution in [1.82, 2.24) is 10.2 Å². The number of ether oxygens (including phenoxy) is 1. The van der Waals surface area contributed by atoms with Crippen molar-refractivity contribution < 1.29 is 9.53 Å². The summed E-state index contributed by atoms with van der Waals surface area (Å²) in [5, 5.41) is 3.29. The molecule has 0 atom stereocenters. The van der Waals surface area contributed by atoms with Gasteiger partial charge in [-0.2, -0.15) is 0 Å². The molecule has 1 saturated heterocycles. The van der Waals surface area contributed by atoms with E-state index >= 15 is 0 Å². The molecule has 0 bridgehead atoms. The third-order valence-electron chi connectivity index (χ3n) is 5.35. The topological polar surface area (TPSA) is 41.6 Å². The number of hydrogen-bond acceptors (Lipinski definition) is 3. The summed E-state index contributed by atoms with van der Waals surface area (Å²) in [5.41, 5.74) is 0. The smallest absolute Gasteiger partial charge is 0.236 e. The Hall–Kier alpha value is -0.610. The second kappa shape index (κ2) is 17.8. The fraction of sp³-hybridized carbons (Fsp3) is 0.955. The highest BCUT2D eigenvalue weighted by molar-refractivity contribution is 5.78. The number of nitrogens with one attached hydrogen (secondary N) is 1. The summed E-state index contributed by atoms with van der Waals surface area (Å²) in [6, 6.07) is 0. The Balaban J connectivity index is 1.72. The number of unbranched alkanes of at least 4 members (excludes halogenated alkanes) is 13. The zero-order valence-corrected chi connectivity index (χ0v) is 17.4. The molecule has 0 saturated carbocycles. The van der Waals surface area contributed by atoms with Gasteiger partial charge in [0, 0.05) is 13.1 Å². The van der Waals surface area contributed by atoms with Crippen molar-refractivity contribution in [3.63, 3.8) is 0 Å². The van der Waals surface area contributed by atoms with Crippen molar-refractivity contribution in [2.24, 2.45) is 0 Å². The van der Waals surface area contributed by atoms with Gasteiger partial charge in [0.1, 0.15) is 0 Å². The second-order valence-electron chi connectivity index (χ2n) is 7.77. The van der Waals surface area contributed by atoms with Gasteiger partial charge < -0.3 is 15.0 Å². The van der Waals surface area contributed by atoms with Crippen molar-refractivity contribution in [3.8, 4) is 0 Å². The highest BCUT2D eigenvalue weighted by atomic mass is 16.5. The standard InChI is InChI=1S/C22H44N2O2/c1-2-3-4-5-6-7-8-9-10-11-12-13-14-15-16-23-21-22(25)24-17-19-26-20-18-24/h23H,2-21H2,1H3. The van der Waals surface area contributed by atoms with Gasteiger partial charge in [0.15, 0.2) is 0 Å². The first-order valence-corrected chi connectivity index (χ1v) is 11.4. The molecule has 1 aliphatic heterocycles. The Kier molecular flexibility index (Phi) is 16.0. The molecule has 1 aliphatic rings. The highest BCUT2D eigenvalue weighted by Gasteiger charge is 2.15. The van der Waals surface area contributed by atoms with Crippen LogP contribution in [0.5, 0.6) is 0 Å². The molecule has 1 rings (SSSR count). The van der Waals surface area contributed by atoms with E-state index in [0.717, 1.165) is 19.6 Å². The summed E-state index contributed by atoms with van der Waals surface area (Å²) in [4.78, 5) is 13.9. The summed E-state index contributed by atoms with van der Waals surface area (Å²) >= 11 is 0. The van der Waals surface area contributed by atoms with Crippen molar-refractivity contribution in [2.75, 3.05) is 39.4 Å². The lowest BCUT2D eigenvalue weighted by molar-refractivity contribution is -0.134. The lowest BCUT2D eigenvalue weighted by Crippen LogP contribution is -2.44. The molecule has 0 aromatic rings. The fourth-order valence-electron chi connectivity index (χ4n) is 3.56. The minimum Gasteiger partial charge on any atom is -0.378 e. The number of morpholine rings is 1. The first-order chi connectivity index (χ1) is 12.8. The first kappa shape index (κ1) is 23.4. The number of rotatable bonds is 17. The van der Waals surface area contributed by atoms with Crippen molar-refractivity contribution >= 4 is 5.91 Å². The van der Waals surface area contributed by atoms with Crippen LogP contribution in [0.2, 0.25) is 0 Å². The van der Waals surface area contributed by atoms with E-state index in [1.165, 1.54) is 89.9 Å². The van der Waals surface area contributed by atoms with Gasteiger partial charge in [0.2, 0.25) is 5.91 Å². The van der Waals surface area contributed by atoms with E-state index in [1.54, 1.807) is 0 Å². The maximum atomic E-state index is 12.0. The van der Waals surface area contributed by atoms with E-state index in [1.807, 2.05) is 4.90 Å². The third kappa shape index (κ3) is 13.6. The van der Waals surface area contributed by atoms with Crippen LogP contribution < -0.4 is 5.32 Å². The Labute approximate surface area is 162 Å². The van der Waals surface area contributed by atoms with Crippen LogP contribution in [0.1, 0.15) is 96.8 Å². The Bertz CT molecular complexity index is 317. The normalized spacial score (nSPS) is 14.7. The van der Waals surface area contributed by atoms with Gasteiger partial charge in [-0.25, -0.2) is 0 Å². The van der Waals surface area contributed by atoms with Crippen LogP contribution >= 0.6 is 0 Å². The van der Waals surface area contributed by atoms with Crippen molar-refractivity contribution in [3.05, 3.63) is 0 Å². The summed E-state index contributed by atoms with van der Waals surface area (Å²) in [7, 11) is 0. The Morgan fingerprint density at radius 1 is 0.769 bits per heavy atom. The van der Waals surface area contributed by atoms with Gasteiger partial charge in [-0.05, 0) is 13.0 Å². The number of hydrogen-bond donors (Lipinski definition) is 1. The summed E-state index contributed by atoms with van der Waals surface area (Å²) in [6.45, 7) is 6.60. The average molecular weight is 369 g/mol. The van der Waals surface area contributed by atoms with Crippen LogP contribution in [0.3, 0.4) is 0 Å². The summed E-state index contributed by atoms with van der Waals surface area (Å²) in [5.74, 6) is 0.221. The van der Waals surface area contributed by atoms with Crippen LogP contribution in [0.25, 0.3) is 0 Å². The zero-order valence-electron chi connectivity index (χ0n) is 17.4. The molecule has 0 unspecified atom stereocenters. The van der Waals surface area contributed by atoms with Gasteiger partial charge in [0.05, 0.1) is 19.8 Å². The molecule has 26 heavy (non-hydrogen) atoms. The van der Waals surface area contributed by atoms with Gasteiger partial charge in [-0.1, -0.05) is 90.4 Å². The minimum absolute atomic E-state index is 0.221. The van der Waals surface area contributed by atoms with Gasteiger partial charge in [-0.15, -0.1) is 0 Å². The molecule has 0 aromatic heterocycles. The van der Waals surface area contributed by atoms with Gasteiger partial charge >= 0.3 is 0 Å². The molecule has 1 fully saturated rings. The molecular formula is C22H44N2O2. The molecule has 0 spiro atoms. The molecule has 4 heteroatoms. The van der Waals surface area contributed by atoms with Crippen LogP contribution in [-0.2, 0) is 9.53 Å². The zero-order chi connectivity index (χ0) is 18.7. The molecule has 0 aliphatic carbocycles. The molecule has 0 aromatic carbocycles. The van der Waals surface area contributed by atoms with E-state index in [4.69, 9.17) is 4.74 Å². The Morgan fingerprint density at radius 3 is 1.73 bits per heavy atom. The van der Waals surface area contributed by atoms with Gasteiger partial charge in [0.25, 0.3) is 0 Å². The Morgan fingerprint density at radius 2 is 1.23 bits per heavy atom. The monoisotopic (exact) mass is 368 g/mol. The van der Waals surface area contributed by atoms with Crippen LogP contribution in [0.4, 0.5) is 0 Å². The highest BCUT2D eigenvalue weighted by Crippen LogP contribution is 2.12. The molecule has 1 N–H and O–H groups in total. The molecule has 1 amide bonds. The largest absolute Gasteiger partial charge is 0.378 e. The lowest BCUT2D eigenvalue weighted by Gasteiger charge is -2.26. The SMILES string of the molecule is CCCCCCCCCCCCCCCCNCC(=O)N1CCOCC1. The third-order valence-corrected chi connectivity index (χ3v) is 5.35. The minimum atomic E-state index is 0.221. The quantitative estimate of drug-likeness (QED) is 0.371. The number of carbonyl (C=O) groups excluding carboxylic acids is 1. The number of amides is 1. The lowest BCUT2D eigenvalue weighted by atomic mass is 10.0. The number of nitrogens with zero attached hydrogens (tertiary/aromatic N) is 1. The maximum Gasteiger partial charge on any atom is 0.236 e. The average Bonchev–Trinajstić information content (AvgIpc) is 2.68. The first-order valence-electron chi connectivity index (χ1n) is 11.4. The van der Waals surface area contributed by atoms with Crippen LogP contribution in [-0.4, -0.2) is 50.2 Å². The molecule has 1 heterocycles. The predicted octanol–water partition coefficient (Wildman–Crippen LogP) is 4.92. The summed E-state index contributed by atoms with van der Waals surface area (Å²) < 4.78 is 5.27. The van der Waals surface area contributed by atoms with Crippen molar-refractivity contribution in [1.29, 1.82) is 0 Å². The van der Waals surface area contributed by atoms with Crippen LogP contribution in [0, 0.1) is 0 Å². The van der Waals surface area contributed by atoms with Gasteiger partial charge in [-0.3, -0.25) is 4.79 Å². The second-order valence-corrected chi connectivity index (χ2v) is 7.77. The summed E-state index contributed by atoms with van der Waals surface area (Å²) in [6.07, 6.45) is 19.4. The van der Waals surface area contributed by atoms with E-state index in [0.29, 0.717) is 19.8 Å². The molecule has 154 valence electrons. The fourth-order valence-corrected chi connectivity index (χ4v) is 3.56. The predicted molar refractivity (Wildman–Crippen MR) is 111 cm³/mol. The number of carbonyl (C=O) groups is 1. The van der Waals surface area contributed by atoms with E-state index in [-0.39, 0.29) is 5.91 Å². The van der Waals surface area contributed by atoms with Crippen molar-refractivity contribution in [2.45, 2.75) is 96.8 Å². The maximum absolute atomic E-state index is 12.0. The van der Waals surface area contributed by atoms with E-state index in [9.17, 15) is 4.79 Å². The molecule has 4 nitrogen and oxygen atoms in total. The van der Waals surface area contributed by atoms with E-state index in [2.05, 4.69) is 12.2 Å².